The van der Waals surface area contributed by atoms with E-state index in [0.717, 1.165) is 57.2 Å². The normalized spacial score (nSPS) is 11.4. The van der Waals surface area contributed by atoms with Crippen LogP contribution < -0.4 is 52.5 Å². The van der Waals surface area contributed by atoms with Crippen LogP contribution in [0.2, 0.25) is 15.1 Å². The first kappa shape index (κ1) is 122. The first-order valence-corrected chi connectivity index (χ1v) is 52.5. The zero-order valence-electron chi connectivity index (χ0n) is 66.9. The number of hydrogen-bond donors (Lipinski definition) is 5. The van der Waals surface area contributed by atoms with E-state index in [2.05, 4.69) is 125 Å². The Bertz CT molecular complexity index is 5830. The summed E-state index contributed by atoms with van der Waals surface area (Å²) in [5.74, 6) is 9.94. The molecular formula is C75H76Br2Cl9N13NaO20PS6. The van der Waals surface area contributed by atoms with Crippen LogP contribution in [0, 0.1) is 0 Å². The molecule has 1 aliphatic rings. The predicted octanol–water partition coefficient (Wildman–Crippen LogP) is 13.3. The van der Waals surface area contributed by atoms with Crippen LogP contribution in [0.15, 0.2) is 257 Å². The van der Waals surface area contributed by atoms with E-state index in [1.807, 2.05) is 12.3 Å². The molecular weight excluding hydrogens is 2130 g/mol. The Hall–Kier alpha value is -7.34. The van der Waals surface area contributed by atoms with Gasteiger partial charge in [-0.15, -0.1) is 11.8 Å². The van der Waals surface area contributed by atoms with E-state index in [-0.39, 0.29) is 96.9 Å². The molecule has 10 aromatic rings. The first-order valence-electron chi connectivity index (χ1n) is 33.1. The molecule has 3 aromatic carbocycles. The third-order valence-electron chi connectivity index (χ3n) is 13.4. The van der Waals surface area contributed by atoms with Gasteiger partial charge in [-0.1, -0.05) is 96.3 Å². The Morgan fingerprint density at radius 3 is 1.07 bits per heavy atom. The Labute approximate surface area is 825 Å². The number of rotatable bonds is 16. The van der Waals surface area contributed by atoms with Crippen LogP contribution >= 0.6 is 150 Å². The van der Waals surface area contributed by atoms with Crippen LogP contribution in [0.4, 0.5) is 11.4 Å². The molecule has 680 valence electrons. The van der Waals surface area contributed by atoms with E-state index in [9.17, 15) is 67.2 Å². The summed E-state index contributed by atoms with van der Waals surface area (Å²) in [4.78, 5) is 112. The number of nitrogens with two attached hydrogens (primary N) is 3. The van der Waals surface area contributed by atoms with Gasteiger partial charge in [0.2, 0.25) is 0 Å². The monoisotopic (exact) mass is 2200 g/mol. The number of nitrogens with zero attached hydrogens (tertiary/aromatic N) is 9. The van der Waals surface area contributed by atoms with Crippen molar-refractivity contribution in [1.29, 1.82) is 0 Å². The van der Waals surface area contributed by atoms with Gasteiger partial charge in [-0.2, -0.15) is 6.26 Å². The molecule has 1 aliphatic heterocycles. The Morgan fingerprint density at radius 2 is 0.787 bits per heavy atom. The molecule has 0 bridgehead atoms. The van der Waals surface area contributed by atoms with Gasteiger partial charge < -0.3 is 42.1 Å². The number of carbonyl (C=O) groups excluding carboxylic acids is 6. The van der Waals surface area contributed by atoms with Gasteiger partial charge in [0.1, 0.15) is 39.9 Å². The zero-order valence-corrected chi connectivity index (χ0v) is 84.7. The Morgan fingerprint density at radius 1 is 0.480 bits per heavy atom. The van der Waals surface area contributed by atoms with Crippen molar-refractivity contribution >= 4 is 266 Å². The molecule has 0 radical (unpaired) electrons. The number of cyclic esters (lactones) is 2. The molecule has 0 fully saturated rings. The SMILES string of the molecule is C.COC(=O)c1ccc(Br)cn1.COC(=O)c1ccc(S(C)(=O)=O)cn1.COC(=O)c1ccc(SC)cn1.CS(=O)(=O)c1ccc(C(=Nc2ccccc2Cl)NN)nc1.CS(=O)(=O)c1ccc(C(=O)Cc2ccccc2Cl)nc1.CS(=O)(=O)c1ccc(C(Cl)=Nc2ccccc2Cl)nc1.C[S-].ClP(Cl)(Cl)(Cl)Cl.NN.O=C(O)c1ccc(Br)cn1.O=C1C=CC(=O)O1.[Na+]. The number of ether oxygens (including phenoxy) is 4. The molecule has 0 spiro atoms. The second-order valence-corrected chi connectivity index (χ2v) is 51.5. The summed E-state index contributed by atoms with van der Waals surface area (Å²) in [6.45, 7) is 0. The molecule has 7 aromatic heterocycles. The average molecular weight is 2200 g/mol. The molecule has 52 heteroatoms. The average Bonchev–Trinajstić information content (AvgIpc) is 1.17. The quantitative estimate of drug-likeness (QED) is 0.00487. The minimum Gasteiger partial charge on any atom is -0.477 e. The van der Waals surface area contributed by atoms with Crippen LogP contribution in [0.3, 0.4) is 0 Å². The van der Waals surface area contributed by atoms with Crippen molar-refractivity contribution < 1.29 is 121 Å². The van der Waals surface area contributed by atoms with Gasteiger partial charge in [0, 0.05) is 106 Å². The van der Waals surface area contributed by atoms with Crippen LogP contribution in [0.25, 0.3) is 0 Å². The number of aromatic carboxylic acids is 1. The van der Waals surface area contributed by atoms with Gasteiger partial charge in [-0.05, 0) is 159 Å². The number of benzene rings is 3. The Balaban J connectivity index is 0. The molecule has 0 amide bonds. The number of aliphatic imine (C=N–C) groups is 2. The second-order valence-electron chi connectivity index (χ2n) is 22.5. The number of para-hydroxylation sites is 2. The number of carboxylic acid groups (broad SMARTS) is 1. The van der Waals surface area contributed by atoms with Gasteiger partial charge in [-0.3, -0.25) is 31.4 Å². The van der Waals surface area contributed by atoms with Crippen molar-refractivity contribution in [2.75, 3.05) is 58.9 Å². The van der Waals surface area contributed by atoms with E-state index in [0.29, 0.717) is 54.8 Å². The van der Waals surface area contributed by atoms with E-state index >= 15 is 0 Å². The number of methoxy groups -OCH3 is 3. The molecule has 11 rings (SSSR count). The molecule has 33 nitrogen and oxygen atoms in total. The summed E-state index contributed by atoms with van der Waals surface area (Å²) >= 11 is 60.9. The summed E-state index contributed by atoms with van der Waals surface area (Å²) in [5, 5.41) is 10.00. The number of aromatic nitrogens is 7. The predicted molar refractivity (Wildman–Crippen MR) is 503 cm³/mol. The van der Waals surface area contributed by atoms with Gasteiger partial charge in [-0.25, -0.2) is 98.2 Å². The number of ketones is 1. The maximum absolute atomic E-state index is 12.1. The number of hydrazine groups is 2. The first-order chi connectivity index (χ1) is 58.3. The van der Waals surface area contributed by atoms with Crippen molar-refractivity contribution in [2.24, 2.45) is 27.5 Å². The standard InChI is InChI=1S/C14H12ClNO3S.C13H10Cl2N2O2S.C13H13ClN4O2S.C8H9NO4S.C8H9NO2S.C7H6BrNO2.C6H4BrNO2.C4H2O3.CH4S.CH4.Cl5P.H4N2.Na/c1-20(18,19)11-6-7-13(16-9-11)14(17)8-10-4-2-3-5-12(10)15;1-20(18,19)9-6-7-12(16-8-9)13(15)17-11-5-3-2-4-10(11)14;1-21(19,20)9-6-7-12(16-8-9)13(18-15)17-11-5-3-2-4-10(11)14;1-13-8(10)7-4-3-6(5-9-7)14(2,11)12;1-11-8(10)7-4-3-6(12-2)5-9-7;1-11-7(10)6-3-2-5(8)4-9-6;7-4-1-2-5(6(9)10)8-3-4;5-3-1-2-4(6)7-3;1-2;;1-6(2,3,4)5;1-2;/h2-7,9H,8H2,1H3;2-8H,1H3;2-8H,15H2,1H3,(H,17,18);3-5H,1-2H3;3-5H,1-2H3;2-4H,1H3;1-3H,(H,9,10);1-2H;2H,1H3;1H4;;1-2H2;/q;;;;;;;;;;;;+1/p-1. The van der Waals surface area contributed by atoms with Crippen LogP contribution in [-0.4, -0.2) is 185 Å². The van der Waals surface area contributed by atoms with Crippen molar-refractivity contribution in [3.63, 3.8) is 0 Å². The van der Waals surface area contributed by atoms with E-state index in [1.165, 1.54) is 101 Å². The summed E-state index contributed by atoms with van der Waals surface area (Å²) in [6.07, 6.45) is 19.7. The van der Waals surface area contributed by atoms with Gasteiger partial charge in [0.15, 0.2) is 56.1 Å². The third kappa shape index (κ3) is 50.6. The summed E-state index contributed by atoms with van der Waals surface area (Å²) in [7, 11) is -9.25. The number of esters is 5. The Kier molecular flexibility index (Phi) is 58.1. The van der Waals surface area contributed by atoms with Crippen molar-refractivity contribution in [3.8, 4) is 0 Å². The number of nitrogens with one attached hydrogen (secondary N) is 1. The van der Waals surface area contributed by atoms with Crippen molar-refractivity contribution in [1.82, 2.24) is 40.3 Å². The maximum atomic E-state index is 12.1. The molecule has 127 heavy (non-hydrogen) atoms. The molecule has 0 atom stereocenters. The van der Waals surface area contributed by atoms with Gasteiger partial charge in [0.25, 0.3) is 0 Å². The minimum absolute atomic E-state index is 0. The molecule has 0 aliphatic carbocycles. The number of amidine groups is 1. The fourth-order valence-electron chi connectivity index (χ4n) is 7.62. The summed E-state index contributed by atoms with van der Waals surface area (Å²) in [6, 6.07) is 42.3. The number of pyridine rings is 7. The number of carboxylic acids is 1. The molecule has 8 heterocycles. The molecule has 0 unspecified atom stereocenters. The van der Waals surface area contributed by atoms with Gasteiger partial charge in [0.05, 0.1) is 62.3 Å². The number of carbonyl (C=O) groups is 7. The fourth-order valence-corrected chi connectivity index (χ4v) is 11.5. The maximum Gasteiger partial charge on any atom is 1.00 e. The smallest absolute Gasteiger partial charge is 0.477 e. The molecule has 0 saturated carbocycles. The number of hydrogen-bond acceptors (Lipinski definition) is 33. The molecule has 0 saturated heterocycles. The van der Waals surface area contributed by atoms with Crippen LogP contribution in [-0.2, 0) is 86.9 Å². The minimum atomic E-state index is -3.69. The van der Waals surface area contributed by atoms with E-state index in [1.54, 1.807) is 127 Å². The third-order valence-corrected chi connectivity index (χ3v) is 20.7. The van der Waals surface area contributed by atoms with Gasteiger partial charge >= 0.3 is 125 Å². The number of halogens is 11. The fraction of sp³-hybridized carbons (Fsp3) is 0.147. The largest absolute Gasteiger partial charge is 1.00 e. The van der Waals surface area contributed by atoms with E-state index in [4.69, 9.17) is 114 Å². The van der Waals surface area contributed by atoms with Crippen LogP contribution in [0.1, 0.15) is 76.8 Å². The topological polar surface area (TPSA) is 518 Å². The van der Waals surface area contributed by atoms with Crippen LogP contribution in [0.5, 0.6) is 0 Å². The summed E-state index contributed by atoms with van der Waals surface area (Å²) in [5.41, 5.74) is 6.00. The van der Waals surface area contributed by atoms with Crippen molar-refractivity contribution in [2.45, 2.75) is 38.3 Å². The zero-order chi connectivity index (χ0) is 95.3. The van der Waals surface area contributed by atoms with E-state index < -0.39 is 78.5 Å². The number of sulfone groups is 4. The second kappa shape index (κ2) is 60.6. The molecule has 8 N–H and O–H groups in total. The number of thioether (sulfide) groups is 1. The van der Waals surface area contributed by atoms with Crippen molar-refractivity contribution in [3.05, 3.63) is 283 Å². The number of Topliss-reactive ketones (excluding diaryl/α,β-unsaturated/α-hetero) is 1. The summed E-state index contributed by atoms with van der Waals surface area (Å²) < 4.78 is 105.